The van der Waals surface area contributed by atoms with Gasteiger partial charge in [0.2, 0.25) is 0 Å². The van der Waals surface area contributed by atoms with Gasteiger partial charge < -0.3 is 4.74 Å². The van der Waals surface area contributed by atoms with Gasteiger partial charge in [-0.05, 0) is 30.5 Å². The van der Waals surface area contributed by atoms with Crippen molar-refractivity contribution in [1.82, 2.24) is 0 Å². The summed E-state index contributed by atoms with van der Waals surface area (Å²) in [6.45, 7) is 5.04. The molecule has 0 spiro atoms. The lowest BCUT2D eigenvalue weighted by Gasteiger charge is -2.13. The standard InChI is InChI=1S/C12H17BrO/c1-3-12(4-2)14-9-10-6-5-7-11(13)8-10/h5-8,12H,3-4,9H2,1-2H3. The Kier molecular flexibility index (Phi) is 5.20. The van der Waals surface area contributed by atoms with Crippen LogP contribution in [0, 0.1) is 0 Å². The van der Waals surface area contributed by atoms with E-state index in [1.807, 2.05) is 12.1 Å². The third kappa shape index (κ3) is 3.81. The van der Waals surface area contributed by atoms with Gasteiger partial charge in [0.1, 0.15) is 0 Å². The number of hydrogen-bond acceptors (Lipinski definition) is 1. The second-order valence-corrected chi connectivity index (χ2v) is 4.30. The van der Waals surface area contributed by atoms with Crippen LogP contribution < -0.4 is 0 Å². The van der Waals surface area contributed by atoms with Gasteiger partial charge in [-0.1, -0.05) is 41.9 Å². The molecule has 0 heterocycles. The molecule has 0 saturated heterocycles. The molecular formula is C12H17BrO. The summed E-state index contributed by atoms with van der Waals surface area (Å²) in [5, 5.41) is 0. The summed E-state index contributed by atoms with van der Waals surface area (Å²) >= 11 is 3.45. The highest BCUT2D eigenvalue weighted by Crippen LogP contribution is 2.14. The molecule has 2 heteroatoms. The number of benzene rings is 1. The van der Waals surface area contributed by atoms with Crippen LogP contribution in [0.5, 0.6) is 0 Å². The van der Waals surface area contributed by atoms with E-state index in [1.54, 1.807) is 0 Å². The van der Waals surface area contributed by atoms with Crippen molar-refractivity contribution in [2.75, 3.05) is 0 Å². The van der Waals surface area contributed by atoms with Gasteiger partial charge in [0.25, 0.3) is 0 Å². The molecule has 1 nitrogen and oxygen atoms in total. The first-order valence-corrected chi connectivity index (χ1v) is 5.91. The lowest BCUT2D eigenvalue weighted by atomic mass is 10.2. The van der Waals surface area contributed by atoms with E-state index >= 15 is 0 Å². The second-order valence-electron chi connectivity index (χ2n) is 3.38. The Hall–Kier alpha value is -0.340. The zero-order valence-corrected chi connectivity index (χ0v) is 10.4. The highest BCUT2D eigenvalue weighted by molar-refractivity contribution is 9.10. The fourth-order valence-corrected chi connectivity index (χ4v) is 1.81. The van der Waals surface area contributed by atoms with E-state index in [2.05, 4.69) is 41.9 Å². The van der Waals surface area contributed by atoms with Crippen LogP contribution in [-0.2, 0) is 11.3 Å². The molecule has 78 valence electrons. The van der Waals surface area contributed by atoms with Crippen molar-refractivity contribution in [3.63, 3.8) is 0 Å². The minimum atomic E-state index is 0.397. The van der Waals surface area contributed by atoms with Crippen molar-refractivity contribution in [3.05, 3.63) is 34.3 Å². The summed E-state index contributed by atoms with van der Waals surface area (Å²) in [5.74, 6) is 0. The zero-order valence-electron chi connectivity index (χ0n) is 8.79. The van der Waals surface area contributed by atoms with Crippen LogP contribution >= 0.6 is 15.9 Å². The van der Waals surface area contributed by atoms with E-state index in [-0.39, 0.29) is 0 Å². The molecule has 14 heavy (non-hydrogen) atoms. The van der Waals surface area contributed by atoms with Crippen LogP contribution in [0.4, 0.5) is 0 Å². The van der Waals surface area contributed by atoms with E-state index < -0.39 is 0 Å². The van der Waals surface area contributed by atoms with Gasteiger partial charge in [-0.2, -0.15) is 0 Å². The molecule has 0 aliphatic heterocycles. The van der Waals surface area contributed by atoms with Gasteiger partial charge in [0.05, 0.1) is 12.7 Å². The van der Waals surface area contributed by atoms with E-state index in [4.69, 9.17) is 4.74 Å². The summed E-state index contributed by atoms with van der Waals surface area (Å²) in [6.07, 6.45) is 2.57. The first-order valence-electron chi connectivity index (χ1n) is 5.12. The Morgan fingerprint density at radius 2 is 2.00 bits per heavy atom. The largest absolute Gasteiger partial charge is 0.374 e. The molecule has 0 aliphatic rings. The minimum absolute atomic E-state index is 0.397. The highest BCUT2D eigenvalue weighted by atomic mass is 79.9. The van der Waals surface area contributed by atoms with E-state index in [0.717, 1.165) is 17.3 Å². The Balaban J connectivity index is 2.44. The third-order valence-electron chi connectivity index (χ3n) is 2.29. The first kappa shape index (κ1) is 11.7. The van der Waals surface area contributed by atoms with Crippen LogP contribution in [-0.4, -0.2) is 6.10 Å². The van der Waals surface area contributed by atoms with Crippen LogP contribution in [0.3, 0.4) is 0 Å². The fraction of sp³-hybridized carbons (Fsp3) is 0.500. The van der Waals surface area contributed by atoms with Crippen molar-refractivity contribution >= 4 is 15.9 Å². The Bertz CT molecular complexity index is 269. The molecule has 0 unspecified atom stereocenters. The number of ether oxygens (including phenoxy) is 1. The molecular weight excluding hydrogens is 240 g/mol. The quantitative estimate of drug-likeness (QED) is 0.769. The van der Waals surface area contributed by atoms with Gasteiger partial charge >= 0.3 is 0 Å². The van der Waals surface area contributed by atoms with Gasteiger partial charge in [-0.25, -0.2) is 0 Å². The molecule has 0 aromatic heterocycles. The molecule has 1 aromatic rings. The lowest BCUT2D eigenvalue weighted by Crippen LogP contribution is -2.09. The summed E-state index contributed by atoms with van der Waals surface area (Å²) < 4.78 is 6.87. The van der Waals surface area contributed by atoms with E-state index in [0.29, 0.717) is 12.7 Å². The molecule has 0 amide bonds. The maximum absolute atomic E-state index is 5.76. The monoisotopic (exact) mass is 256 g/mol. The summed E-state index contributed by atoms with van der Waals surface area (Å²) in [7, 11) is 0. The van der Waals surface area contributed by atoms with Crippen LogP contribution in [0.25, 0.3) is 0 Å². The number of rotatable bonds is 5. The lowest BCUT2D eigenvalue weighted by molar-refractivity contribution is 0.0358. The molecule has 1 aromatic carbocycles. The minimum Gasteiger partial charge on any atom is -0.374 e. The summed E-state index contributed by atoms with van der Waals surface area (Å²) in [6, 6.07) is 8.26. The number of hydrogen-bond donors (Lipinski definition) is 0. The van der Waals surface area contributed by atoms with Crippen LogP contribution in [0.2, 0.25) is 0 Å². The van der Waals surface area contributed by atoms with Gasteiger partial charge in [0, 0.05) is 4.47 Å². The first-order chi connectivity index (χ1) is 6.76. The topological polar surface area (TPSA) is 9.23 Å². The smallest absolute Gasteiger partial charge is 0.0721 e. The molecule has 0 saturated carbocycles. The SMILES string of the molecule is CCC(CC)OCc1cccc(Br)c1. The third-order valence-corrected chi connectivity index (χ3v) is 2.78. The highest BCUT2D eigenvalue weighted by Gasteiger charge is 2.03. The Labute approximate surface area is 94.6 Å². The van der Waals surface area contributed by atoms with Crippen LogP contribution in [0.15, 0.2) is 28.7 Å². The van der Waals surface area contributed by atoms with Crippen molar-refractivity contribution in [2.24, 2.45) is 0 Å². The maximum atomic E-state index is 5.76. The van der Waals surface area contributed by atoms with E-state index in [1.165, 1.54) is 5.56 Å². The molecule has 0 atom stereocenters. The number of halogens is 1. The molecule has 0 bridgehead atoms. The van der Waals surface area contributed by atoms with Gasteiger partial charge in [-0.3, -0.25) is 0 Å². The summed E-state index contributed by atoms with van der Waals surface area (Å²) in [5.41, 5.74) is 1.23. The molecule has 0 N–H and O–H groups in total. The van der Waals surface area contributed by atoms with Crippen LogP contribution in [0.1, 0.15) is 32.3 Å². The molecule has 1 rings (SSSR count). The zero-order chi connectivity index (χ0) is 10.4. The molecule has 0 fully saturated rings. The molecule has 0 aliphatic carbocycles. The maximum Gasteiger partial charge on any atom is 0.0721 e. The summed E-state index contributed by atoms with van der Waals surface area (Å²) in [4.78, 5) is 0. The normalized spacial score (nSPS) is 10.9. The molecule has 0 radical (unpaired) electrons. The second kappa shape index (κ2) is 6.20. The van der Waals surface area contributed by atoms with Gasteiger partial charge in [-0.15, -0.1) is 0 Å². The predicted octanol–water partition coefficient (Wildman–Crippen LogP) is 4.15. The van der Waals surface area contributed by atoms with Crippen molar-refractivity contribution in [3.8, 4) is 0 Å². The Morgan fingerprint density at radius 3 is 2.57 bits per heavy atom. The average Bonchev–Trinajstić information content (AvgIpc) is 2.19. The van der Waals surface area contributed by atoms with E-state index in [9.17, 15) is 0 Å². The van der Waals surface area contributed by atoms with Gasteiger partial charge in [0.15, 0.2) is 0 Å². The fourth-order valence-electron chi connectivity index (χ4n) is 1.37. The average molecular weight is 257 g/mol. The van der Waals surface area contributed by atoms with Crippen molar-refractivity contribution in [1.29, 1.82) is 0 Å². The van der Waals surface area contributed by atoms with Crippen molar-refractivity contribution in [2.45, 2.75) is 39.4 Å². The van der Waals surface area contributed by atoms with Crippen molar-refractivity contribution < 1.29 is 4.74 Å². The predicted molar refractivity (Wildman–Crippen MR) is 63.3 cm³/mol. The Morgan fingerprint density at radius 1 is 1.29 bits per heavy atom.